The smallest absolute Gasteiger partial charge is 0.259 e. The number of nitrogens with two attached hydrogens (primary N) is 1. The quantitative estimate of drug-likeness (QED) is 0.379. The summed E-state index contributed by atoms with van der Waals surface area (Å²) in [5, 5.41) is 8.08. The number of rotatable bonds is 1. The van der Waals surface area contributed by atoms with Crippen molar-refractivity contribution in [3.05, 3.63) is 11.6 Å². The van der Waals surface area contributed by atoms with E-state index in [4.69, 9.17) is 11.0 Å². The molecule has 0 saturated heterocycles. The van der Waals surface area contributed by atoms with Crippen molar-refractivity contribution in [1.82, 2.24) is 0 Å². The average molecular weight is 110 g/mol. The molecule has 3 nitrogen and oxygen atoms in total. The minimum atomic E-state index is -0.671. The van der Waals surface area contributed by atoms with Crippen LogP contribution in [0.4, 0.5) is 0 Å². The molecule has 0 aliphatic rings. The zero-order valence-electron chi connectivity index (χ0n) is 4.51. The normalized spacial score (nSPS) is 10.2. The van der Waals surface area contributed by atoms with Crippen molar-refractivity contribution >= 4 is 5.91 Å². The summed E-state index contributed by atoms with van der Waals surface area (Å²) in [5.74, 6) is -0.671. The van der Waals surface area contributed by atoms with Gasteiger partial charge in [0.25, 0.3) is 5.91 Å². The predicted molar refractivity (Wildman–Crippen MR) is 28.6 cm³/mol. The minimum absolute atomic E-state index is 0.00463. The second-order valence-corrected chi connectivity index (χ2v) is 1.18. The summed E-state index contributed by atoms with van der Waals surface area (Å²) in [6.07, 6.45) is 1.38. The first-order chi connectivity index (χ1) is 3.72. The molecule has 0 saturated carbocycles. The van der Waals surface area contributed by atoms with Gasteiger partial charge in [-0.15, -0.1) is 0 Å². The number of allylic oxidation sites excluding steroid dienone is 1. The van der Waals surface area contributed by atoms with Gasteiger partial charge in [0.2, 0.25) is 0 Å². The first-order valence-corrected chi connectivity index (χ1v) is 2.08. The van der Waals surface area contributed by atoms with E-state index in [9.17, 15) is 4.79 Å². The third-order valence-corrected chi connectivity index (χ3v) is 0.675. The van der Waals surface area contributed by atoms with E-state index in [1.165, 1.54) is 6.08 Å². The second-order valence-electron chi connectivity index (χ2n) is 1.18. The highest BCUT2D eigenvalue weighted by Crippen LogP contribution is 1.86. The van der Waals surface area contributed by atoms with Crippen LogP contribution >= 0.6 is 0 Å². The first-order valence-electron chi connectivity index (χ1n) is 2.08. The molecular formula is C5H6N2O. The maximum atomic E-state index is 10.1. The SMILES string of the molecule is C/C=C(/C#N)C(N)=O. The van der Waals surface area contributed by atoms with E-state index in [1.807, 2.05) is 0 Å². The van der Waals surface area contributed by atoms with Gasteiger partial charge in [-0.05, 0) is 6.92 Å². The van der Waals surface area contributed by atoms with Crippen LogP contribution in [0.15, 0.2) is 11.6 Å². The number of nitrogens with zero attached hydrogens (tertiary/aromatic N) is 1. The Labute approximate surface area is 47.4 Å². The van der Waals surface area contributed by atoms with Gasteiger partial charge in [0.05, 0.1) is 0 Å². The first kappa shape index (κ1) is 6.70. The molecule has 0 atom stereocenters. The van der Waals surface area contributed by atoms with Crippen molar-refractivity contribution in [2.75, 3.05) is 0 Å². The van der Waals surface area contributed by atoms with Gasteiger partial charge >= 0.3 is 0 Å². The molecule has 42 valence electrons. The van der Waals surface area contributed by atoms with E-state index >= 15 is 0 Å². The molecule has 0 aliphatic heterocycles. The van der Waals surface area contributed by atoms with E-state index in [2.05, 4.69) is 0 Å². The van der Waals surface area contributed by atoms with E-state index in [0.717, 1.165) is 0 Å². The van der Waals surface area contributed by atoms with Crippen LogP contribution in [0, 0.1) is 11.3 Å². The third-order valence-electron chi connectivity index (χ3n) is 0.675. The van der Waals surface area contributed by atoms with Crippen molar-refractivity contribution in [2.24, 2.45) is 5.73 Å². The van der Waals surface area contributed by atoms with Crippen molar-refractivity contribution in [1.29, 1.82) is 5.26 Å². The van der Waals surface area contributed by atoms with Gasteiger partial charge in [0, 0.05) is 0 Å². The molecule has 1 amide bonds. The highest BCUT2D eigenvalue weighted by atomic mass is 16.1. The fourth-order valence-corrected chi connectivity index (χ4v) is 0.262. The summed E-state index contributed by atoms with van der Waals surface area (Å²) in [6, 6.07) is 1.64. The highest BCUT2D eigenvalue weighted by Gasteiger charge is 1.97. The largest absolute Gasteiger partial charge is 0.365 e. The maximum Gasteiger partial charge on any atom is 0.259 e. The van der Waals surface area contributed by atoms with Crippen molar-refractivity contribution < 1.29 is 4.79 Å². The number of hydrogen-bond acceptors (Lipinski definition) is 2. The van der Waals surface area contributed by atoms with Gasteiger partial charge in [-0.3, -0.25) is 4.79 Å². The standard InChI is InChI=1S/C5H6N2O/c1-2-4(3-6)5(7)8/h2H,1H3,(H2,7,8)/b4-2-. The monoisotopic (exact) mass is 110 g/mol. The Kier molecular flexibility index (Phi) is 2.35. The summed E-state index contributed by atoms with van der Waals surface area (Å²) in [7, 11) is 0. The third kappa shape index (κ3) is 1.43. The molecule has 0 aliphatic carbocycles. The van der Waals surface area contributed by atoms with E-state index in [1.54, 1.807) is 13.0 Å². The lowest BCUT2D eigenvalue weighted by atomic mass is 10.3. The molecule has 0 heterocycles. The summed E-state index contributed by atoms with van der Waals surface area (Å²) < 4.78 is 0. The summed E-state index contributed by atoms with van der Waals surface area (Å²) in [6.45, 7) is 1.59. The van der Waals surface area contributed by atoms with Crippen LogP contribution < -0.4 is 5.73 Å². The molecule has 2 N–H and O–H groups in total. The van der Waals surface area contributed by atoms with Crippen LogP contribution in [0.5, 0.6) is 0 Å². The lowest BCUT2D eigenvalue weighted by Crippen LogP contribution is -2.12. The predicted octanol–water partition coefficient (Wildman–Crippen LogP) is -0.0584. The molecule has 0 aromatic rings. The van der Waals surface area contributed by atoms with Gasteiger partial charge in [-0.1, -0.05) is 6.08 Å². The molecule has 0 spiro atoms. The Morgan fingerprint density at radius 2 is 2.38 bits per heavy atom. The molecule has 0 aromatic heterocycles. The summed E-state index contributed by atoms with van der Waals surface area (Å²) >= 11 is 0. The molecule has 0 radical (unpaired) electrons. The Hall–Kier alpha value is -1.30. The van der Waals surface area contributed by atoms with Gasteiger partial charge in [-0.2, -0.15) is 5.26 Å². The Balaban J connectivity index is 4.20. The zero-order chi connectivity index (χ0) is 6.57. The zero-order valence-corrected chi connectivity index (χ0v) is 4.51. The molecule has 0 bridgehead atoms. The Morgan fingerprint density at radius 1 is 1.88 bits per heavy atom. The lowest BCUT2D eigenvalue weighted by molar-refractivity contribution is -0.114. The molecule has 0 aromatic carbocycles. The van der Waals surface area contributed by atoms with Gasteiger partial charge in [0.15, 0.2) is 0 Å². The van der Waals surface area contributed by atoms with Crippen molar-refractivity contribution in [2.45, 2.75) is 6.92 Å². The van der Waals surface area contributed by atoms with Crippen LogP contribution in [0.25, 0.3) is 0 Å². The van der Waals surface area contributed by atoms with Gasteiger partial charge < -0.3 is 5.73 Å². The van der Waals surface area contributed by atoms with E-state index in [0.29, 0.717) is 0 Å². The molecule has 0 rings (SSSR count). The molecule has 0 unspecified atom stereocenters. The van der Waals surface area contributed by atoms with Crippen LogP contribution in [-0.2, 0) is 4.79 Å². The van der Waals surface area contributed by atoms with Crippen molar-refractivity contribution in [3.8, 4) is 6.07 Å². The maximum absolute atomic E-state index is 10.1. The van der Waals surface area contributed by atoms with E-state index in [-0.39, 0.29) is 5.57 Å². The lowest BCUT2D eigenvalue weighted by Gasteiger charge is -1.82. The van der Waals surface area contributed by atoms with Crippen LogP contribution in [0.1, 0.15) is 6.92 Å². The highest BCUT2D eigenvalue weighted by molar-refractivity contribution is 5.95. The van der Waals surface area contributed by atoms with Crippen LogP contribution in [0.3, 0.4) is 0 Å². The number of hydrogen-bond donors (Lipinski definition) is 1. The average Bonchev–Trinajstić information content (AvgIpc) is 1.69. The number of amides is 1. The number of carbonyl (C=O) groups is 1. The fraction of sp³-hybridized carbons (Fsp3) is 0.200. The number of nitriles is 1. The number of primary amides is 1. The molecule has 8 heavy (non-hydrogen) atoms. The second kappa shape index (κ2) is 2.80. The summed E-state index contributed by atoms with van der Waals surface area (Å²) in [5.41, 5.74) is 4.73. The molecule has 0 fully saturated rings. The number of carbonyl (C=O) groups excluding carboxylic acids is 1. The van der Waals surface area contributed by atoms with Crippen LogP contribution in [0.2, 0.25) is 0 Å². The fourth-order valence-electron chi connectivity index (χ4n) is 0.262. The van der Waals surface area contributed by atoms with E-state index < -0.39 is 5.91 Å². The van der Waals surface area contributed by atoms with Gasteiger partial charge in [0.1, 0.15) is 11.6 Å². The summed E-state index contributed by atoms with van der Waals surface area (Å²) in [4.78, 5) is 10.1. The van der Waals surface area contributed by atoms with Crippen molar-refractivity contribution in [3.63, 3.8) is 0 Å². The van der Waals surface area contributed by atoms with Crippen LogP contribution in [-0.4, -0.2) is 5.91 Å². The van der Waals surface area contributed by atoms with Gasteiger partial charge in [-0.25, -0.2) is 0 Å². The minimum Gasteiger partial charge on any atom is -0.365 e. The Bertz CT molecular complexity index is 164. The Morgan fingerprint density at radius 3 is 2.38 bits per heavy atom. The molecular weight excluding hydrogens is 104 g/mol. The molecule has 3 heteroatoms. The topological polar surface area (TPSA) is 66.9 Å².